The highest BCUT2D eigenvalue weighted by Gasteiger charge is 2.11. The van der Waals surface area contributed by atoms with E-state index in [0.29, 0.717) is 12.3 Å². The average Bonchev–Trinajstić information content (AvgIpc) is 3.03. The molecular formula is C20H19NO3. The summed E-state index contributed by atoms with van der Waals surface area (Å²) in [6.07, 6.45) is 3.15. The topological polar surface area (TPSA) is 53.7 Å². The van der Waals surface area contributed by atoms with Crippen LogP contribution in [0.3, 0.4) is 0 Å². The number of hydrogen-bond donors (Lipinski definition) is 1. The average molecular weight is 321 g/mol. The van der Waals surface area contributed by atoms with Crippen molar-refractivity contribution in [1.82, 2.24) is 4.90 Å². The molecule has 0 aliphatic rings. The van der Waals surface area contributed by atoms with Crippen LogP contribution in [-0.4, -0.2) is 29.1 Å². The number of aliphatic hydroxyl groups is 1. The van der Waals surface area contributed by atoms with E-state index >= 15 is 0 Å². The van der Waals surface area contributed by atoms with Gasteiger partial charge in [0.1, 0.15) is 11.3 Å². The van der Waals surface area contributed by atoms with E-state index in [1.807, 2.05) is 60.7 Å². The van der Waals surface area contributed by atoms with Gasteiger partial charge in [0.15, 0.2) is 0 Å². The van der Waals surface area contributed by atoms with E-state index in [2.05, 4.69) is 0 Å². The van der Waals surface area contributed by atoms with Crippen LogP contribution in [-0.2, 0) is 11.3 Å². The van der Waals surface area contributed by atoms with Crippen LogP contribution in [0.2, 0.25) is 0 Å². The molecule has 1 aromatic heterocycles. The van der Waals surface area contributed by atoms with Crippen LogP contribution in [0.4, 0.5) is 0 Å². The number of benzene rings is 2. The molecule has 0 aliphatic heterocycles. The quantitative estimate of drug-likeness (QED) is 0.707. The summed E-state index contributed by atoms with van der Waals surface area (Å²) in [5.74, 6) is 0.474. The second-order valence-corrected chi connectivity index (χ2v) is 5.49. The molecule has 0 bridgehead atoms. The Morgan fingerprint density at radius 1 is 1.08 bits per heavy atom. The van der Waals surface area contributed by atoms with E-state index in [0.717, 1.165) is 16.5 Å². The first kappa shape index (κ1) is 16.0. The van der Waals surface area contributed by atoms with Gasteiger partial charge in [-0.1, -0.05) is 48.5 Å². The van der Waals surface area contributed by atoms with Gasteiger partial charge >= 0.3 is 0 Å². The van der Waals surface area contributed by atoms with E-state index in [-0.39, 0.29) is 19.1 Å². The molecule has 0 spiro atoms. The predicted octanol–water partition coefficient (Wildman–Crippen LogP) is 3.47. The number of rotatable bonds is 6. The van der Waals surface area contributed by atoms with Gasteiger partial charge in [0, 0.05) is 24.6 Å². The van der Waals surface area contributed by atoms with Crippen molar-refractivity contribution in [2.75, 3.05) is 13.2 Å². The first-order valence-corrected chi connectivity index (χ1v) is 7.86. The SMILES string of the molecule is O=C(/C=C/c1cc2ccccc2o1)N(CCO)Cc1ccccc1. The molecule has 3 aromatic rings. The summed E-state index contributed by atoms with van der Waals surface area (Å²) in [5.41, 5.74) is 1.82. The molecule has 0 radical (unpaired) electrons. The maximum Gasteiger partial charge on any atom is 0.247 e. The summed E-state index contributed by atoms with van der Waals surface area (Å²) >= 11 is 0. The Kier molecular flexibility index (Phi) is 5.08. The van der Waals surface area contributed by atoms with Gasteiger partial charge in [-0.2, -0.15) is 0 Å². The van der Waals surface area contributed by atoms with Gasteiger partial charge < -0.3 is 14.4 Å². The first-order valence-electron chi connectivity index (χ1n) is 7.86. The summed E-state index contributed by atoms with van der Waals surface area (Å²) in [5, 5.41) is 10.2. The number of para-hydroxylation sites is 1. The van der Waals surface area contributed by atoms with Gasteiger partial charge in [-0.25, -0.2) is 0 Å². The molecular weight excluding hydrogens is 302 g/mol. The molecule has 0 saturated carbocycles. The number of carbonyl (C=O) groups is 1. The monoisotopic (exact) mass is 321 g/mol. The lowest BCUT2D eigenvalue weighted by molar-refractivity contribution is -0.127. The molecule has 2 aromatic carbocycles. The Balaban J connectivity index is 1.72. The standard InChI is InChI=1S/C20H19NO3/c22-13-12-21(15-16-6-2-1-3-7-16)20(23)11-10-18-14-17-8-4-5-9-19(17)24-18/h1-11,14,22H,12-13,15H2/b11-10+. The summed E-state index contributed by atoms with van der Waals surface area (Å²) < 4.78 is 5.67. The maximum atomic E-state index is 12.4. The number of amides is 1. The molecule has 0 atom stereocenters. The van der Waals surface area contributed by atoms with Crippen LogP contribution in [0.1, 0.15) is 11.3 Å². The van der Waals surface area contributed by atoms with Gasteiger partial charge in [0.2, 0.25) is 5.91 Å². The molecule has 1 heterocycles. The molecule has 3 rings (SSSR count). The number of carbonyl (C=O) groups excluding carboxylic acids is 1. The normalized spacial score (nSPS) is 11.2. The molecule has 1 amide bonds. The van der Waals surface area contributed by atoms with E-state index in [4.69, 9.17) is 4.42 Å². The van der Waals surface area contributed by atoms with Gasteiger partial charge in [0.05, 0.1) is 6.61 Å². The van der Waals surface area contributed by atoms with Crippen LogP contribution in [0.15, 0.2) is 71.2 Å². The van der Waals surface area contributed by atoms with Gasteiger partial charge in [-0.05, 0) is 23.8 Å². The van der Waals surface area contributed by atoms with Crippen LogP contribution >= 0.6 is 0 Å². The summed E-state index contributed by atoms with van der Waals surface area (Å²) in [6.45, 7) is 0.681. The number of aliphatic hydroxyl groups excluding tert-OH is 1. The van der Waals surface area contributed by atoms with E-state index in [9.17, 15) is 9.90 Å². The molecule has 0 saturated heterocycles. The minimum Gasteiger partial charge on any atom is -0.457 e. The van der Waals surface area contributed by atoms with Crippen LogP contribution in [0.5, 0.6) is 0 Å². The first-order chi connectivity index (χ1) is 11.8. The number of furan rings is 1. The van der Waals surface area contributed by atoms with Crippen molar-refractivity contribution in [3.8, 4) is 0 Å². The fraction of sp³-hybridized carbons (Fsp3) is 0.150. The Morgan fingerprint density at radius 2 is 1.83 bits per heavy atom. The fourth-order valence-corrected chi connectivity index (χ4v) is 2.54. The highest BCUT2D eigenvalue weighted by Crippen LogP contribution is 2.19. The number of nitrogens with zero attached hydrogens (tertiary/aromatic N) is 1. The van der Waals surface area contributed by atoms with Crippen LogP contribution < -0.4 is 0 Å². The Bertz CT molecular complexity index is 803. The molecule has 122 valence electrons. The van der Waals surface area contributed by atoms with E-state index in [1.54, 1.807) is 11.0 Å². The Hall–Kier alpha value is -2.85. The molecule has 0 fully saturated rings. The lowest BCUT2D eigenvalue weighted by Gasteiger charge is -2.20. The van der Waals surface area contributed by atoms with Crippen molar-refractivity contribution in [2.45, 2.75) is 6.54 Å². The summed E-state index contributed by atoms with van der Waals surface area (Å²) in [4.78, 5) is 14.0. The van der Waals surface area contributed by atoms with Crippen molar-refractivity contribution in [3.05, 3.63) is 78.1 Å². The third-order valence-corrected chi connectivity index (χ3v) is 3.73. The lowest BCUT2D eigenvalue weighted by Crippen LogP contribution is -2.31. The summed E-state index contributed by atoms with van der Waals surface area (Å²) in [7, 11) is 0. The molecule has 0 aliphatic carbocycles. The van der Waals surface area contributed by atoms with Crippen LogP contribution in [0.25, 0.3) is 17.0 Å². The van der Waals surface area contributed by atoms with Crippen molar-refractivity contribution in [3.63, 3.8) is 0 Å². The lowest BCUT2D eigenvalue weighted by atomic mass is 10.2. The molecule has 0 unspecified atom stereocenters. The zero-order chi connectivity index (χ0) is 16.8. The largest absolute Gasteiger partial charge is 0.457 e. The van der Waals surface area contributed by atoms with E-state index in [1.165, 1.54) is 6.08 Å². The van der Waals surface area contributed by atoms with Gasteiger partial charge in [0.25, 0.3) is 0 Å². The number of hydrogen-bond acceptors (Lipinski definition) is 3. The van der Waals surface area contributed by atoms with E-state index < -0.39 is 0 Å². The van der Waals surface area contributed by atoms with Gasteiger partial charge in [-0.3, -0.25) is 4.79 Å². The Morgan fingerprint density at radius 3 is 2.58 bits per heavy atom. The van der Waals surface area contributed by atoms with Gasteiger partial charge in [-0.15, -0.1) is 0 Å². The second kappa shape index (κ2) is 7.62. The molecule has 4 nitrogen and oxygen atoms in total. The molecule has 24 heavy (non-hydrogen) atoms. The fourth-order valence-electron chi connectivity index (χ4n) is 2.54. The van der Waals surface area contributed by atoms with Crippen molar-refractivity contribution < 1.29 is 14.3 Å². The molecule has 1 N–H and O–H groups in total. The highest BCUT2D eigenvalue weighted by atomic mass is 16.3. The maximum absolute atomic E-state index is 12.4. The van der Waals surface area contributed by atoms with Crippen molar-refractivity contribution in [1.29, 1.82) is 0 Å². The smallest absolute Gasteiger partial charge is 0.247 e. The minimum atomic E-state index is -0.159. The Labute approximate surface area is 140 Å². The number of fused-ring (bicyclic) bond motifs is 1. The van der Waals surface area contributed by atoms with Crippen LogP contribution in [0, 0.1) is 0 Å². The summed E-state index contributed by atoms with van der Waals surface area (Å²) in [6, 6.07) is 19.3. The molecule has 4 heteroatoms. The van der Waals surface area contributed by atoms with Crippen molar-refractivity contribution >= 4 is 23.0 Å². The second-order valence-electron chi connectivity index (χ2n) is 5.49. The van der Waals surface area contributed by atoms with Crippen molar-refractivity contribution in [2.24, 2.45) is 0 Å². The zero-order valence-electron chi connectivity index (χ0n) is 13.3. The predicted molar refractivity (Wildman–Crippen MR) is 94.2 cm³/mol. The third kappa shape index (κ3) is 3.91. The minimum absolute atomic E-state index is 0.0724. The third-order valence-electron chi connectivity index (χ3n) is 3.73. The highest BCUT2D eigenvalue weighted by molar-refractivity contribution is 5.92. The zero-order valence-corrected chi connectivity index (χ0v) is 13.3.